The predicted octanol–water partition coefficient (Wildman–Crippen LogP) is 4.72. The van der Waals surface area contributed by atoms with Gasteiger partial charge in [-0.25, -0.2) is 0 Å². The molecule has 0 spiro atoms. The normalized spacial score (nSPS) is 19.7. The van der Waals surface area contributed by atoms with E-state index in [1.807, 2.05) is 53.4 Å². The molecule has 4 rings (SSSR count). The van der Waals surface area contributed by atoms with Crippen molar-refractivity contribution >= 4 is 35.2 Å². The van der Waals surface area contributed by atoms with E-state index in [0.717, 1.165) is 30.8 Å². The van der Waals surface area contributed by atoms with Crippen LogP contribution in [0.5, 0.6) is 0 Å². The number of rotatable bonds is 7. The van der Waals surface area contributed by atoms with Crippen molar-refractivity contribution in [3.05, 3.63) is 70.2 Å². The molecule has 2 heterocycles. The zero-order chi connectivity index (χ0) is 22.3. The highest BCUT2D eigenvalue weighted by molar-refractivity contribution is 8.00. The molecular formula is C25H30ClN3O2S. The van der Waals surface area contributed by atoms with Crippen molar-refractivity contribution in [3.63, 3.8) is 0 Å². The Balaban J connectivity index is 1.33. The minimum absolute atomic E-state index is 0.0421. The Morgan fingerprint density at radius 3 is 2.38 bits per heavy atom. The molecule has 0 saturated carbocycles. The molecule has 170 valence electrons. The van der Waals surface area contributed by atoms with Crippen molar-refractivity contribution in [1.82, 2.24) is 15.1 Å². The molecule has 2 aromatic rings. The van der Waals surface area contributed by atoms with Gasteiger partial charge in [0.25, 0.3) is 5.91 Å². The van der Waals surface area contributed by atoms with Crippen LogP contribution in [0.1, 0.15) is 52.5 Å². The highest BCUT2D eigenvalue weighted by Crippen LogP contribution is 2.39. The number of likely N-dealkylation sites (tertiary alicyclic amines) is 1. The maximum atomic E-state index is 12.6. The summed E-state index contributed by atoms with van der Waals surface area (Å²) >= 11 is 7.60. The largest absolute Gasteiger partial charge is 0.351 e. The average molecular weight is 472 g/mol. The number of thioether (sulfide) groups is 1. The molecule has 2 saturated heterocycles. The first kappa shape index (κ1) is 23.1. The lowest BCUT2D eigenvalue weighted by molar-refractivity contribution is -0.128. The number of nitrogens with one attached hydrogen (secondary N) is 1. The fourth-order valence-corrected chi connectivity index (χ4v) is 5.59. The van der Waals surface area contributed by atoms with Gasteiger partial charge in [0.2, 0.25) is 5.91 Å². The van der Waals surface area contributed by atoms with E-state index in [0.29, 0.717) is 29.4 Å². The van der Waals surface area contributed by atoms with Gasteiger partial charge in [0.05, 0.1) is 5.75 Å². The lowest BCUT2D eigenvalue weighted by Crippen LogP contribution is -2.35. The van der Waals surface area contributed by atoms with Crippen LogP contribution in [0.2, 0.25) is 5.02 Å². The molecule has 1 atom stereocenters. The van der Waals surface area contributed by atoms with Gasteiger partial charge in [-0.05, 0) is 61.3 Å². The van der Waals surface area contributed by atoms with E-state index in [4.69, 9.17) is 11.6 Å². The molecule has 1 N–H and O–H groups in total. The first-order valence-electron chi connectivity index (χ1n) is 11.4. The molecule has 2 aliphatic heterocycles. The van der Waals surface area contributed by atoms with Crippen LogP contribution >= 0.6 is 23.4 Å². The van der Waals surface area contributed by atoms with Crippen molar-refractivity contribution in [2.24, 2.45) is 0 Å². The van der Waals surface area contributed by atoms with Gasteiger partial charge in [-0.3, -0.25) is 9.59 Å². The SMILES string of the molecule is O=C(NCCN1CCCCCC1)c1ccc([C@@H]2SCC(=O)N2Cc2ccc(Cl)cc2)cc1. The zero-order valence-corrected chi connectivity index (χ0v) is 19.8. The first-order chi connectivity index (χ1) is 15.6. The summed E-state index contributed by atoms with van der Waals surface area (Å²) in [7, 11) is 0. The maximum Gasteiger partial charge on any atom is 0.251 e. The van der Waals surface area contributed by atoms with Gasteiger partial charge < -0.3 is 15.1 Å². The summed E-state index contributed by atoms with van der Waals surface area (Å²) in [6.07, 6.45) is 5.15. The molecule has 0 unspecified atom stereocenters. The number of carbonyl (C=O) groups is 2. The quantitative estimate of drug-likeness (QED) is 0.634. The van der Waals surface area contributed by atoms with Gasteiger partial charge in [-0.1, -0.05) is 48.7 Å². The Morgan fingerprint density at radius 1 is 1.00 bits per heavy atom. The minimum Gasteiger partial charge on any atom is -0.351 e. The smallest absolute Gasteiger partial charge is 0.251 e. The Labute approximate surface area is 199 Å². The molecule has 7 heteroatoms. The van der Waals surface area contributed by atoms with Gasteiger partial charge in [-0.15, -0.1) is 11.8 Å². The van der Waals surface area contributed by atoms with Gasteiger partial charge in [0, 0.05) is 30.2 Å². The van der Waals surface area contributed by atoms with Crippen molar-refractivity contribution in [2.75, 3.05) is 31.9 Å². The van der Waals surface area contributed by atoms with Crippen molar-refractivity contribution in [2.45, 2.75) is 37.6 Å². The molecule has 0 radical (unpaired) electrons. The van der Waals surface area contributed by atoms with Gasteiger partial charge in [0.15, 0.2) is 0 Å². The summed E-state index contributed by atoms with van der Waals surface area (Å²) in [6.45, 7) is 4.39. The van der Waals surface area contributed by atoms with E-state index >= 15 is 0 Å². The van der Waals surface area contributed by atoms with E-state index in [-0.39, 0.29) is 17.2 Å². The summed E-state index contributed by atoms with van der Waals surface area (Å²) in [4.78, 5) is 29.4. The van der Waals surface area contributed by atoms with E-state index < -0.39 is 0 Å². The van der Waals surface area contributed by atoms with Crippen LogP contribution in [0.3, 0.4) is 0 Å². The second-order valence-corrected chi connectivity index (χ2v) is 9.95. The topological polar surface area (TPSA) is 52.7 Å². The monoisotopic (exact) mass is 471 g/mol. The fraction of sp³-hybridized carbons (Fsp3) is 0.440. The number of carbonyl (C=O) groups excluding carboxylic acids is 2. The minimum atomic E-state index is -0.0432. The van der Waals surface area contributed by atoms with Crippen molar-refractivity contribution in [1.29, 1.82) is 0 Å². The molecule has 0 aromatic heterocycles. The van der Waals surface area contributed by atoms with Crippen LogP contribution in [0, 0.1) is 0 Å². The fourth-order valence-electron chi connectivity index (χ4n) is 4.28. The molecule has 2 fully saturated rings. The number of nitrogens with zero attached hydrogens (tertiary/aromatic N) is 2. The molecular weight excluding hydrogens is 442 g/mol. The highest BCUT2D eigenvalue weighted by atomic mass is 35.5. The first-order valence-corrected chi connectivity index (χ1v) is 12.8. The maximum absolute atomic E-state index is 12.6. The van der Waals surface area contributed by atoms with Crippen molar-refractivity contribution in [3.8, 4) is 0 Å². The Kier molecular flexibility index (Phi) is 8.11. The van der Waals surface area contributed by atoms with Crippen LogP contribution in [-0.2, 0) is 11.3 Å². The van der Waals surface area contributed by atoms with Gasteiger partial charge >= 0.3 is 0 Å². The van der Waals surface area contributed by atoms with Gasteiger partial charge in [0.1, 0.15) is 5.37 Å². The molecule has 5 nitrogen and oxygen atoms in total. The van der Waals surface area contributed by atoms with E-state index in [9.17, 15) is 9.59 Å². The average Bonchev–Trinajstić information content (AvgIpc) is 2.99. The predicted molar refractivity (Wildman–Crippen MR) is 131 cm³/mol. The van der Waals surface area contributed by atoms with Crippen LogP contribution in [0.15, 0.2) is 48.5 Å². The van der Waals surface area contributed by atoms with E-state index in [1.165, 1.54) is 25.7 Å². The molecule has 2 amide bonds. The Bertz CT molecular complexity index is 912. The zero-order valence-electron chi connectivity index (χ0n) is 18.3. The van der Waals surface area contributed by atoms with Crippen LogP contribution in [0.25, 0.3) is 0 Å². The number of amides is 2. The van der Waals surface area contributed by atoms with Crippen LogP contribution < -0.4 is 5.32 Å². The molecule has 2 aliphatic rings. The van der Waals surface area contributed by atoms with Crippen molar-refractivity contribution < 1.29 is 9.59 Å². The summed E-state index contributed by atoms with van der Waals surface area (Å²) in [5.74, 6) is 0.557. The number of hydrogen-bond donors (Lipinski definition) is 1. The number of benzene rings is 2. The van der Waals surface area contributed by atoms with Crippen LogP contribution in [-0.4, -0.2) is 53.5 Å². The molecule has 32 heavy (non-hydrogen) atoms. The second kappa shape index (κ2) is 11.2. The van der Waals surface area contributed by atoms with E-state index in [1.54, 1.807) is 11.8 Å². The molecule has 0 aliphatic carbocycles. The van der Waals surface area contributed by atoms with Crippen LogP contribution in [0.4, 0.5) is 0 Å². The number of halogens is 1. The summed E-state index contributed by atoms with van der Waals surface area (Å²) < 4.78 is 0. The lowest BCUT2D eigenvalue weighted by Gasteiger charge is -2.24. The third-order valence-corrected chi connectivity index (χ3v) is 7.61. The van der Waals surface area contributed by atoms with E-state index in [2.05, 4.69) is 10.2 Å². The Hall–Kier alpha value is -2.02. The summed E-state index contributed by atoms with van der Waals surface area (Å²) in [5, 5.41) is 3.69. The third kappa shape index (κ3) is 6.06. The Morgan fingerprint density at radius 2 is 1.69 bits per heavy atom. The second-order valence-electron chi connectivity index (χ2n) is 8.45. The molecule has 0 bridgehead atoms. The van der Waals surface area contributed by atoms with Gasteiger partial charge in [-0.2, -0.15) is 0 Å². The summed E-state index contributed by atoms with van der Waals surface area (Å²) in [6, 6.07) is 15.3. The third-order valence-electron chi connectivity index (χ3n) is 6.10. The standard InChI is InChI=1S/C25H30ClN3O2S/c26-22-11-5-19(6-12-22)17-29-23(30)18-32-25(29)21-9-7-20(8-10-21)24(31)27-13-16-28-14-3-1-2-4-15-28/h5-12,25H,1-4,13-18H2,(H,27,31)/t25-/m0/s1. The highest BCUT2D eigenvalue weighted by Gasteiger charge is 2.32. The summed E-state index contributed by atoms with van der Waals surface area (Å²) in [5.41, 5.74) is 2.75. The number of hydrogen-bond acceptors (Lipinski definition) is 4. The molecule has 2 aromatic carbocycles. The lowest BCUT2D eigenvalue weighted by atomic mass is 10.1.